The number of benzene rings is 2. The molecule has 0 saturated carbocycles. The third-order valence-electron chi connectivity index (χ3n) is 4.17. The van der Waals surface area contributed by atoms with Gasteiger partial charge in [0.05, 0.1) is 28.9 Å². The van der Waals surface area contributed by atoms with E-state index in [0.717, 1.165) is 0 Å². The van der Waals surface area contributed by atoms with Gasteiger partial charge in [0.25, 0.3) is 10.0 Å². The number of pyridine rings is 1. The molecule has 0 aliphatic rings. The van der Waals surface area contributed by atoms with Crippen LogP contribution in [0.4, 0.5) is 17.3 Å². The fourth-order valence-corrected chi connectivity index (χ4v) is 3.84. The number of halogens is 1. The maximum absolute atomic E-state index is 12.8. The Hall–Kier alpha value is -3.43. The first-order valence-electron chi connectivity index (χ1n) is 8.76. The predicted molar refractivity (Wildman–Crippen MR) is 116 cm³/mol. The number of methoxy groups -OCH3 is 1. The molecule has 0 saturated heterocycles. The third kappa shape index (κ3) is 4.12. The van der Waals surface area contributed by atoms with Gasteiger partial charge in [-0.1, -0.05) is 23.7 Å². The molecule has 0 aliphatic heterocycles. The van der Waals surface area contributed by atoms with Gasteiger partial charge >= 0.3 is 0 Å². The first-order chi connectivity index (χ1) is 14.5. The van der Waals surface area contributed by atoms with Crippen molar-refractivity contribution in [3.63, 3.8) is 0 Å². The van der Waals surface area contributed by atoms with E-state index in [-0.39, 0.29) is 16.5 Å². The summed E-state index contributed by atoms with van der Waals surface area (Å²) in [5.74, 6) is 0.792. The minimum Gasteiger partial charge on any atom is -0.497 e. The Morgan fingerprint density at radius 3 is 2.37 bits per heavy atom. The molecule has 8 nitrogen and oxygen atoms in total. The number of hydrogen-bond donors (Lipinski definition) is 2. The predicted octanol–water partition coefficient (Wildman–Crippen LogP) is 4.23. The molecule has 0 spiro atoms. The molecule has 30 heavy (non-hydrogen) atoms. The molecule has 152 valence electrons. The van der Waals surface area contributed by atoms with Crippen LogP contribution in [0.5, 0.6) is 5.75 Å². The molecule has 0 bridgehead atoms. The molecule has 4 rings (SSSR count). The second kappa shape index (κ2) is 8.13. The summed E-state index contributed by atoms with van der Waals surface area (Å²) < 4.78 is 33.4. The number of nitrogens with zero attached hydrogens (tertiary/aromatic N) is 3. The number of hydrogen-bond acceptors (Lipinski definition) is 7. The van der Waals surface area contributed by atoms with Crippen LogP contribution in [0.3, 0.4) is 0 Å². The average molecular weight is 442 g/mol. The molecule has 0 aliphatic carbocycles. The maximum atomic E-state index is 12.8. The van der Waals surface area contributed by atoms with Crippen molar-refractivity contribution < 1.29 is 13.2 Å². The summed E-state index contributed by atoms with van der Waals surface area (Å²) in [6.45, 7) is 0. The van der Waals surface area contributed by atoms with E-state index in [9.17, 15) is 8.42 Å². The number of nitrogens with one attached hydrogen (secondary N) is 2. The molecular weight excluding hydrogens is 426 g/mol. The summed E-state index contributed by atoms with van der Waals surface area (Å²) in [6, 6.07) is 15.2. The molecule has 2 aromatic heterocycles. The topological polar surface area (TPSA) is 106 Å². The first-order valence-corrected chi connectivity index (χ1v) is 10.6. The number of para-hydroxylation sites is 2. The van der Waals surface area contributed by atoms with Crippen LogP contribution in [-0.4, -0.2) is 30.5 Å². The van der Waals surface area contributed by atoms with E-state index in [2.05, 4.69) is 25.0 Å². The van der Waals surface area contributed by atoms with Crippen LogP contribution in [0, 0.1) is 0 Å². The summed E-state index contributed by atoms with van der Waals surface area (Å²) in [7, 11) is -2.39. The van der Waals surface area contributed by atoms with Gasteiger partial charge in [-0.25, -0.2) is 18.4 Å². The van der Waals surface area contributed by atoms with Gasteiger partial charge < -0.3 is 10.1 Å². The Labute approximate surface area is 178 Å². The van der Waals surface area contributed by atoms with Crippen molar-refractivity contribution in [1.82, 2.24) is 15.0 Å². The third-order valence-corrected chi connectivity index (χ3v) is 5.83. The molecule has 0 atom stereocenters. The molecule has 0 amide bonds. The van der Waals surface area contributed by atoms with Gasteiger partial charge in [0.15, 0.2) is 11.6 Å². The number of sulfonamides is 1. The van der Waals surface area contributed by atoms with Gasteiger partial charge in [0, 0.05) is 18.5 Å². The summed E-state index contributed by atoms with van der Waals surface area (Å²) >= 11 is 6.29. The van der Waals surface area contributed by atoms with Gasteiger partial charge in [0.1, 0.15) is 10.6 Å². The van der Waals surface area contributed by atoms with Crippen LogP contribution in [-0.2, 0) is 10.0 Å². The fraction of sp³-hybridized carbons (Fsp3) is 0.0500. The molecular formula is C20H16ClN5O3S. The number of fused-ring (bicyclic) bond motifs is 1. The lowest BCUT2D eigenvalue weighted by Gasteiger charge is -2.15. The van der Waals surface area contributed by atoms with Crippen molar-refractivity contribution in [2.75, 3.05) is 17.1 Å². The summed E-state index contributed by atoms with van der Waals surface area (Å²) in [5, 5.41) is 3.46. The zero-order valence-electron chi connectivity index (χ0n) is 15.7. The monoisotopic (exact) mass is 441 g/mol. The highest BCUT2D eigenvalue weighted by atomic mass is 35.5. The van der Waals surface area contributed by atoms with E-state index in [0.29, 0.717) is 27.5 Å². The highest BCUT2D eigenvalue weighted by Crippen LogP contribution is 2.32. The van der Waals surface area contributed by atoms with Crippen LogP contribution in [0.2, 0.25) is 5.02 Å². The Morgan fingerprint density at radius 1 is 0.967 bits per heavy atom. The number of aromatic nitrogens is 3. The molecule has 10 heteroatoms. The Balaban J connectivity index is 1.80. The van der Waals surface area contributed by atoms with Gasteiger partial charge in [-0.2, -0.15) is 0 Å². The van der Waals surface area contributed by atoms with Crippen LogP contribution < -0.4 is 14.8 Å². The smallest absolute Gasteiger partial charge is 0.264 e. The SMILES string of the molecule is COc1ccc(Cl)c(Nc2nc3ccccc3nc2NS(=O)(=O)c2cccnc2)c1. The van der Waals surface area contributed by atoms with Crippen LogP contribution in [0.1, 0.15) is 0 Å². The van der Waals surface area contributed by atoms with Crippen molar-refractivity contribution in [2.24, 2.45) is 0 Å². The largest absolute Gasteiger partial charge is 0.497 e. The number of rotatable bonds is 6. The van der Waals surface area contributed by atoms with Crippen molar-refractivity contribution in [2.45, 2.75) is 4.90 Å². The lowest BCUT2D eigenvalue weighted by Crippen LogP contribution is -2.16. The first kappa shape index (κ1) is 19.9. The minimum absolute atomic E-state index is 0.00493. The fourth-order valence-electron chi connectivity index (χ4n) is 2.71. The molecule has 0 fully saturated rings. The summed E-state index contributed by atoms with van der Waals surface area (Å²) in [4.78, 5) is 12.8. The standard InChI is InChI=1S/C20H16ClN5O3S/c1-29-13-8-9-15(21)18(11-13)25-19-20(24-17-7-3-2-6-16(17)23-19)26-30(27,28)14-5-4-10-22-12-14/h2-12H,1H3,(H,23,25)(H,24,26). The number of ether oxygens (including phenoxy) is 1. The summed E-state index contributed by atoms with van der Waals surface area (Å²) in [5.41, 5.74) is 1.61. The van der Waals surface area contributed by atoms with E-state index in [1.165, 1.54) is 31.6 Å². The Kier molecular flexibility index (Phi) is 5.39. The Bertz CT molecular complexity index is 1320. The average Bonchev–Trinajstić information content (AvgIpc) is 2.76. The van der Waals surface area contributed by atoms with E-state index >= 15 is 0 Å². The van der Waals surface area contributed by atoms with Crippen molar-refractivity contribution in [3.05, 3.63) is 72.0 Å². The van der Waals surface area contributed by atoms with Crippen molar-refractivity contribution in [3.8, 4) is 5.75 Å². The van der Waals surface area contributed by atoms with Crippen molar-refractivity contribution >= 4 is 50.0 Å². The zero-order valence-corrected chi connectivity index (χ0v) is 17.3. The van der Waals surface area contributed by atoms with E-state index in [4.69, 9.17) is 16.3 Å². The highest BCUT2D eigenvalue weighted by Gasteiger charge is 2.19. The Morgan fingerprint density at radius 2 is 1.70 bits per heavy atom. The minimum atomic E-state index is -3.93. The molecule has 0 radical (unpaired) electrons. The van der Waals surface area contributed by atoms with E-state index in [1.54, 1.807) is 36.4 Å². The van der Waals surface area contributed by atoms with Crippen LogP contribution in [0.25, 0.3) is 11.0 Å². The second-order valence-electron chi connectivity index (χ2n) is 6.17. The van der Waals surface area contributed by atoms with E-state index < -0.39 is 10.0 Å². The lowest BCUT2D eigenvalue weighted by molar-refractivity contribution is 0.415. The molecule has 2 heterocycles. The quantitative estimate of drug-likeness (QED) is 0.461. The molecule has 4 aromatic rings. The highest BCUT2D eigenvalue weighted by molar-refractivity contribution is 7.92. The zero-order chi connectivity index (χ0) is 21.1. The second-order valence-corrected chi connectivity index (χ2v) is 8.26. The lowest BCUT2D eigenvalue weighted by atomic mass is 10.3. The normalized spacial score (nSPS) is 11.3. The van der Waals surface area contributed by atoms with Gasteiger partial charge in [0.2, 0.25) is 0 Å². The molecule has 2 aromatic carbocycles. The van der Waals surface area contributed by atoms with Gasteiger partial charge in [-0.3, -0.25) is 9.71 Å². The van der Waals surface area contributed by atoms with Crippen LogP contribution >= 0.6 is 11.6 Å². The van der Waals surface area contributed by atoms with Gasteiger partial charge in [-0.15, -0.1) is 0 Å². The maximum Gasteiger partial charge on any atom is 0.264 e. The molecule has 2 N–H and O–H groups in total. The number of anilines is 3. The van der Waals surface area contributed by atoms with Gasteiger partial charge in [-0.05, 0) is 36.4 Å². The van der Waals surface area contributed by atoms with Crippen molar-refractivity contribution in [1.29, 1.82) is 0 Å². The van der Waals surface area contributed by atoms with E-state index in [1.807, 2.05) is 6.07 Å². The summed E-state index contributed by atoms with van der Waals surface area (Å²) in [6.07, 6.45) is 2.75. The van der Waals surface area contributed by atoms with Crippen LogP contribution in [0.15, 0.2) is 71.9 Å². The molecule has 0 unspecified atom stereocenters.